The molecule has 9 aromatic rings. The van der Waals surface area contributed by atoms with Crippen molar-refractivity contribution in [2.45, 2.75) is 240 Å². The van der Waals surface area contributed by atoms with E-state index in [2.05, 4.69) is 114 Å². The molecule has 18 heteroatoms. The topological polar surface area (TPSA) is 252 Å². The number of nitrogens with two attached hydrogens (primary N) is 1. The number of aliphatic hydroxyl groups is 2. The fraction of sp³-hybridized carbons (Fsp3) is 0.380. The molecule has 0 bridgehead atoms. The normalized spacial score (nSPS) is 18.8. The summed E-state index contributed by atoms with van der Waals surface area (Å²) in [7, 11) is 0. The van der Waals surface area contributed by atoms with E-state index >= 15 is 0 Å². The molecule has 0 aromatic heterocycles. The Kier molecular flexibility index (Phi) is 40.5. The second kappa shape index (κ2) is 49.9. The number of carbonyl (C=O) groups is 7. The third-order valence-electron chi connectivity index (χ3n) is 22.2. The van der Waals surface area contributed by atoms with E-state index in [1.54, 1.807) is 33.8 Å². The summed E-state index contributed by atoms with van der Waals surface area (Å²) >= 11 is 3.13. The van der Waals surface area contributed by atoms with Crippen LogP contribution < -0.4 is 11.1 Å². The first kappa shape index (κ1) is 102. The van der Waals surface area contributed by atoms with Crippen LogP contribution in [0.2, 0.25) is 0 Å². The number of carboxylic acid groups (broad SMARTS) is 1. The Morgan fingerprint density at radius 2 is 0.833 bits per heavy atom. The minimum atomic E-state index is -0.742. The number of allylic oxidation sites excluding steroid dienone is 3. The lowest BCUT2D eigenvalue weighted by Gasteiger charge is -2.36. The van der Waals surface area contributed by atoms with Crippen molar-refractivity contribution in [2.75, 3.05) is 5.33 Å². The lowest BCUT2D eigenvalue weighted by atomic mass is 9.92. The van der Waals surface area contributed by atoms with Crippen LogP contribution in [0, 0.1) is 16.7 Å². The number of carbonyl (C=O) groups excluding carboxylic acids is 6. The number of hydrogen-bond donors (Lipinski definition) is 5. The number of ketones is 1. The Bertz CT molecular complexity index is 4960. The molecule has 9 aromatic carbocycles. The zero-order chi connectivity index (χ0) is 92.3. The van der Waals surface area contributed by atoms with Crippen molar-refractivity contribution in [1.82, 2.24) is 15.1 Å². The number of hydrogen-bond acceptors (Lipinski definition) is 13. The lowest BCUT2D eigenvalue weighted by Crippen LogP contribution is -2.47. The van der Waals surface area contributed by atoms with Crippen molar-refractivity contribution >= 4 is 57.3 Å². The summed E-state index contributed by atoms with van der Waals surface area (Å²) < 4.78 is 17.4. The van der Waals surface area contributed by atoms with Crippen molar-refractivity contribution in [3.8, 4) is 0 Å². The smallest absolute Gasteiger partial charge is 0.318 e. The lowest BCUT2D eigenvalue weighted by molar-refractivity contribution is -0.165. The number of nitrogens with one attached hydrogen (secondary N) is 1. The van der Waals surface area contributed by atoms with Crippen molar-refractivity contribution in [3.05, 3.63) is 359 Å². The van der Waals surface area contributed by atoms with Crippen LogP contribution in [0.3, 0.4) is 0 Å². The maximum atomic E-state index is 13.7. The van der Waals surface area contributed by atoms with E-state index < -0.39 is 40.9 Å². The van der Waals surface area contributed by atoms with Gasteiger partial charge < -0.3 is 50.4 Å². The SMILES string of the molecule is C=C(C)C.C=CCBr.C=CC[C@@H](Cc1ccccc1)C(=O)N1C2c3ccccc3CC2OC1(C)C.CC(=O)C(C)(C)C.CC(C)(C)C(=O)OC(=O)CCc1ccccc1.CC1(C)OC2Cc3ccccc3C2N1C(=O)CCc1ccccc1.NC1c2ccccc2CC1O.O=C(CCc1ccccc1)NC1c2ccccc2CC1O.O=C(O)CCc1ccccc1. The van der Waals surface area contributed by atoms with Gasteiger partial charge in [-0.3, -0.25) is 33.6 Å². The largest absolute Gasteiger partial charge is 0.481 e. The Balaban J connectivity index is 0.000000205. The molecule has 8 unspecified atom stereocenters. The van der Waals surface area contributed by atoms with Gasteiger partial charge in [0.1, 0.15) is 17.2 Å². The van der Waals surface area contributed by atoms with Gasteiger partial charge in [0.15, 0.2) is 0 Å². The first-order valence-electron chi connectivity index (χ1n) is 43.7. The Hall–Kier alpha value is -10.8. The second-order valence-electron chi connectivity index (χ2n) is 35.6. The zero-order valence-electron chi connectivity index (χ0n) is 76.0. The van der Waals surface area contributed by atoms with Gasteiger partial charge in [-0.1, -0.05) is 303 Å². The highest BCUT2D eigenvalue weighted by atomic mass is 79.9. The number of aliphatic hydroxyl groups excluding tert-OH is 2. The van der Waals surface area contributed by atoms with Crippen molar-refractivity contribution < 1.29 is 63.1 Å². The van der Waals surface area contributed by atoms with E-state index in [1.807, 2.05) is 254 Å². The number of fused-ring (bicyclic) bond motifs is 8. The first-order valence-corrected chi connectivity index (χ1v) is 44.8. The van der Waals surface area contributed by atoms with Crippen LogP contribution in [-0.2, 0) is 106 Å². The highest BCUT2D eigenvalue weighted by Gasteiger charge is 2.55. The van der Waals surface area contributed by atoms with Gasteiger partial charge in [-0.15, -0.1) is 19.7 Å². The molecule has 2 heterocycles. The minimum Gasteiger partial charge on any atom is -0.481 e. The van der Waals surface area contributed by atoms with E-state index in [9.17, 15) is 43.8 Å². The summed E-state index contributed by atoms with van der Waals surface area (Å²) in [6, 6.07) is 81.9. The molecule has 2 fully saturated rings. The summed E-state index contributed by atoms with van der Waals surface area (Å²) in [5, 5.41) is 31.8. The minimum absolute atomic E-state index is 0.00629. The molecule has 6 aliphatic rings. The average molecular weight is 1780 g/mol. The summed E-state index contributed by atoms with van der Waals surface area (Å²) in [6.45, 7) is 35.4. The predicted octanol–water partition coefficient (Wildman–Crippen LogP) is 20.8. The molecule has 9 atom stereocenters. The van der Waals surface area contributed by atoms with Gasteiger partial charge in [-0.05, 0) is 180 Å². The number of esters is 2. The van der Waals surface area contributed by atoms with Gasteiger partial charge in [0.25, 0.3) is 0 Å². The number of aryl methyl sites for hydroxylation is 4. The number of carboxylic acids is 1. The molecule has 3 amide bonds. The highest BCUT2D eigenvalue weighted by Crippen LogP contribution is 2.50. The molecule has 0 radical (unpaired) electrons. The third kappa shape index (κ3) is 31.9. The molecule has 17 nitrogen and oxygen atoms in total. The number of amides is 3. The molecule has 4 aliphatic carbocycles. The van der Waals surface area contributed by atoms with Gasteiger partial charge >= 0.3 is 17.9 Å². The van der Waals surface area contributed by atoms with E-state index in [-0.39, 0.29) is 90.2 Å². The van der Waals surface area contributed by atoms with Crippen LogP contribution in [0.15, 0.2) is 286 Å². The van der Waals surface area contributed by atoms with Gasteiger partial charge in [-0.25, -0.2) is 0 Å². The number of Topliss-reactive ketones (excluding diaryl/α,β-unsaturated/α-hetero) is 1. The van der Waals surface area contributed by atoms with Crippen LogP contribution in [0.4, 0.5) is 0 Å². The first-order chi connectivity index (χ1) is 59.9. The molecule has 670 valence electrons. The Morgan fingerprint density at radius 3 is 1.23 bits per heavy atom. The number of benzene rings is 9. The van der Waals surface area contributed by atoms with Crippen LogP contribution in [0.25, 0.3) is 0 Å². The number of rotatable bonds is 19. The Morgan fingerprint density at radius 1 is 0.492 bits per heavy atom. The standard InChI is InChI=1S/C24H27NO2.C21H23NO2.C18H19NO2.C14H18O3.C9H11NO.C9H10O2.C6H12O.C4H8.C3H5Br/c1-4-10-19(15-17-11-6-5-7-12-17)23(26)25-22-20-14-9-8-13-18(20)16-21(22)27-24(25,2)3;1-21(2)22(19(23)13-12-15-8-4-3-5-9-15)20-17-11-7-6-10-16(17)14-18(20)24-21;20-16-12-14-8-4-5-9-15(14)18(16)19-17(21)11-10-13-6-2-1-3-7-13;1-14(2,3)13(16)17-12(15)10-9-11-7-5-4-6-8-11;10-9-7-4-2-1-3-6(7)5-8(9)11;10-9(11)7-6-8-4-2-1-3-5-8;1-5(7)6(2,3)4;1-4(2)3;1-2-3-4/h4-9,11-14,19,21-22H,1,10,15-16H2,2-3H3;3-11,18,20H,12-14H2,1-2H3;1-9,16,18,20H,10-12H2,(H,19,21);4-8H,9-10H2,1-3H3;1-4,8-9,11H,5,10H2;1-5H,6-7H2,(H,10,11);1-4H3;1H2,2-3H3;2H,1,3H2/t19-,21?,22?;;;;;;;;/m0......../s1. The summed E-state index contributed by atoms with van der Waals surface area (Å²) in [6.07, 6.45) is 11.4. The van der Waals surface area contributed by atoms with Gasteiger partial charge in [0, 0.05) is 61.6 Å². The molecular formula is C108H133BrN4O13. The number of alkyl halides is 1. The van der Waals surface area contributed by atoms with Crippen LogP contribution in [0.1, 0.15) is 219 Å². The van der Waals surface area contributed by atoms with Gasteiger partial charge in [-0.2, -0.15) is 0 Å². The van der Waals surface area contributed by atoms with Crippen LogP contribution in [0.5, 0.6) is 0 Å². The molecular weight excluding hydrogens is 1640 g/mol. The fourth-order valence-electron chi connectivity index (χ4n) is 15.5. The molecule has 2 saturated heterocycles. The second-order valence-corrected chi connectivity index (χ2v) is 36.2. The van der Waals surface area contributed by atoms with E-state index in [1.165, 1.54) is 44.5 Å². The molecule has 2 aliphatic heterocycles. The van der Waals surface area contributed by atoms with Crippen LogP contribution in [-0.4, -0.2) is 108 Å². The molecule has 126 heavy (non-hydrogen) atoms. The maximum absolute atomic E-state index is 13.7. The number of nitrogens with zero attached hydrogens (tertiary/aromatic N) is 2. The third-order valence-corrected chi connectivity index (χ3v) is 22.6. The molecule has 0 saturated carbocycles. The van der Waals surface area contributed by atoms with Crippen molar-refractivity contribution in [3.63, 3.8) is 0 Å². The fourth-order valence-corrected chi connectivity index (χ4v) is 15.5. The summed E-state index contributed by atoms with van der Waals surface area (Å²) in [4.78, 5) is 86.3. The number of halogens is 1. The maximum Gasteiger partial charge on any atom is 0.318 e. The summed E-state index contributed by atoms with van der Waals surface area (Å²) in [5.74, 6) is -1.24. The van der Waals surface area contributed by atoms with Gasteiger partial charge in [0.05, 0.1) is 60.4 Å². The van der Waals surface area contributed by atoms with Crippen LogP contribution >= 0.6 is 15.9 Å². The van der Waals surface area contributed by atoms with E-state index in [0.717, 1.165) is 70.8 Å². The monoisotopic (exact) mass is 1770 g/mol. The zero-order valence-corrected chi connectivity index (χ0v) is 77.6. The highest BCUT2D eigenvalue weighted by molar-refractivity contribution is 9.09. The molecule has 15 rings (SSSR count). The van der Waals surface area contributed by atoms with Gasteiger partial charge in [0.2, 0.25) is 17.7 Å². The van der Waals surface area contributed by atoms with E-state index in [0.29, 0.717) is 44.9 Å². The molecule has 0 spiro atoms. The van der Waals surface area contributed by atoms with E-state index in [4.69, 9.17) is 25.1 Å². The average Bonchev–Trinajstić information content (AvgIpc) is 1.59. The quantitative estimate of drug-likeness (QED) is 0.0219. The number of ether oxygens (including phenoxy) is 3. The predicted molar refractivity (Wildman–Crippen MR) is 508 cm³/mol. The molecule has 6 N–H and O–H groups in total. The Labute approximate surface area is 757 Å². The van der Waals surface area contributed by atoms with Crippen molar-refractivity contribution in [1.29, 1.82) is 0 Å². The summed E-state index contributed by atoms with van der Waals surface area (Å²) in [5.41, 5.74) is 20.2. The van der Waals surface area contributed by atoms with Crippen molar-refractivity contribution in [2.24, 2.45) is 22.5 Å². The number of aliphatic carboxylic acids is 1.